The number of amides is 1. The summed E-state index contributed by atoms with van der Waals surface area (Å²) in [5.41, 5.74) is 5.77. The lowest BCUT2D eigenvalue weighted by molar-refractivity contribution is -0.121. The number of benzene rings is 1. The minimum atomic E-state index is -0.386. The molecular weight excluding hydrogens is 223 g/mol. The van der Waals surface area contributed by atoms with Gasteiger partial charge in [0, 0.05) is 18.7 Å². The highest BCUT2D eigenvalue weighted by Gasteiger charge is 2.08. The van der Waals surface area contributed by atoms with Crippen molar-refractivity contribution >= 4 is 5.91 Å². The fraction of sp³-hybridized carbons (Fsp3) is 0.417. The van der Waals surface area contributed by atoms with E-state index in [4.69, 9.17) is 10.5 Å². The normalized spacial score (nSPS) is 10.1. The molecule has 1 rings (SSSR count). The van der Waals surface area contributed by atoms with Gasteiger partial charge in [-0.3, -0.25) is 4.79 Å². The highest BCUT2D eigenvalue weighted by molar-refractivity contribution is 5.75. The topological polar surface area (TPSA) is 64.3 Å². The number of nitrogens with one attached hydrogen (secondary N) is 1. The summed E-state index contributed by atoms with van der Waals surface area (Å²) in [5.74, 6) is -0.0713. The molecule has 0 aromatic heterocycles. The minimum Gasteiger partial charge on any atom is -0.493 e. The molecule has 0 saturated heterocycles. The second-order valence-electron chi connectivity index (χ2n) is 3.47. The average molecular weight is 240 g/mol. The molecule has 3 N–H and O–H groups in total. The summed E-state index contributed by atoms with van der Waals surface area (Å²) >= 11 is 0. The van der Waals surface area contributed by atoms with Gasteiger partial charge in [-0.25, -0.2) is 4.39 Å². The van der Waals surface area contributed by atoms with Crippen LogP contribution in [0.3, 0.4) is 0 Å². The number of hydrogen-bond acceptors (Lipinski definition) is 3. The molecule has 0 unspecified atom stereocenters. The lowest BCUT2D eigenvalue weighted by atomic mass is 10.2. The number of ether oxygens (including phenoxy) is 1. The number of halogens is 1. The standard InChI is InChI=1S/C12H17FN2O2/c1-2-15-12(16)6-7-17-11-5-3-4-10(13)9(11)8-14/h3-5H,2,6-8,14H2,1H3,(H,15,16). The first-order valence-corrected chi connectivity index (χ1v) is 5.56. The van der Waals surface area contributed by atoms with E-state index in [9.17, 15) is 9.18 Å². The Balaban J connectivity index is 2.52. The number of rotatable bonds is 6. The van der Waals surface area contributed by atoms with Gasteiger partial charge in [0.2, 0.25) is 5.91 Å². The molecule has 1 aromatic rings. The van der Waals surface area contributed by atoms with Gasteiger partial charge in [0.15, 0.2) is 0 Å². The molecule has 0 atom stereocenters. The van der Waals surface area contributed by atoms with E-state index in [2.05, 4.69) is 5.32 Å². The predicted octanol–water partition coefficient (Wildman–Crippen LogP) is 1.19. The van der Waals surface area contributed by atoms with Crippen molar-refractivity contribution in [2.75, 3.05) is 13.2 Å². The fourth-order valence-electron chi connectivity index (χ4n) is 1.41. The molecule has 0 saturated carbocycles. The van der Waals surface area contributed by atoms with Crippen LogP contribution in [0, 0.1) is 5.82 Å². The van der Waals surface area contributed by atoms with Crippen molar-refractivity contribution in [1.29, 1.82) is 0 Å². The van der Waals surface area contributed by atoms with Crippen molar-refractivity contribution in [3.8, 4) is 5.75 Å². The largest absolute Gasteiger partial charge is 0.493 e. The van der Waals surface area contributed by atoms with Crippen LogP contribution in [0.15, 0.2) is 18.2 Å². The second kappa shape index (κ2) is 6.85. The third kappa shape index (κ3) is 4.03. The first kappa shape index (κ1) is 13.4. The van der Waals surface area contributed by atoms with Crippen LogP contribution in [0.2, 0.25) is 0 Å². The smallest absolute Gasteiger partial charge is 0.223 e. The van der Waals surface area contributed by atoms with Crippen molar-refractivity contribution < 1.29 is 13.9 Å². The molecule has 4 nitrogen and oxygen atoms in total. The van der Waals surface area contributed by atoms with E-state index in [0.717, 1.165) is 0 Å². The molecule has 17 heavy (non-hydrogen) atoms. The Labute approximate surface area is 100.0 Å². The molecule has 1 aromatic carbocycles. The Kier molecular flexibility index (Phi) is 5.42. The lowest BCUT2D eigenvalue weighted by Gasteiger charge is -2.10. The molecule has 0 aliphatic rings. The predicted molar refractivity (Wildman–Crippen MR) is 63.1 cm³/mol. The van der Waals surface area contributed by atoms with Crippen molar-refractivity contribution in [3.05, 3.63) is 29.6 Å². The van der Waals surface area contributed by atoms with Crippen molar-refractivity contribution in [2.24, 2.45) is 5.73 Å². The van der Waals surface area contributed by atoms with Crippen LogP contribution < -0.4 is 15.8 Å². The van der Waals surface area contributed by atoms with Crippen molar-refractivity contribution in [1.82, 2.24) is 5.32 Å². The van der Waals surface area contributed by atoms with Gasteiger partial charge in [-0.15, -0.1) is 0 Å². The number of nitrogens with two attached hydrogens (primary N) is 1. The monoisotopic (exact) mass is 240 g/mol. The van der Waals surface area contributed by atoms with E-state index >= 15 is 0 Å². The van der Waals surface area contributed by atoms with Gasteiger partial charge in [0.05, 0.1) is 13.0 Å². The molecule has 0 aliphatic carbocycles. The highest BCUT2D eigenvalue weighted by atomic mass is 19.1. The van der Waals surface area contributed by atoms with Gasteiger partial charge in [-0.2, -0.15) is 0 Å². The molecule has 0 bridgehead atoms. The van der Waals surface area contributed by atoms with Gasteiger partial charge in [0.25, 0.3) is 0 Å². The Bertz CT molecular complexity index is 383. The molecule has 0 spiro atoms. The van der Waals surface area contributed by atoms with Crippen LogP contribution in [-0.2, 0) is 11.3 Å². The average Bonchev–Trinajstić information content (AvgIpc) is 2.29. The number of carbonyl (C=O) groups is 1. The maximum atomic E-state index is 13.3. The summed E-state index contributed by atoms with van der Waals surface area (Å²) in [5, 5.41) is 2.65. The Hall–Kier alpha value is -1.62. The van der Waals surface area contributed by atoms with E-state index in [-0.39, 0.29) is 31.3 Å². The zero-order valence-electron chi connectivity index (χ0n) is 9.83. The number of hydrogen-bond donors (Lipinski definition) is 2. The summed E-state index contributed by atoms with van der Waals surface area (Å²) in [6.45, 7) is 2.72. The van der Waals surface area contributed by atoms with Gasteiger partial charge in [-0.05, 0) is 19.1 Å². The van der Waals surface area contributed by atoms with E-state index in [1.54, 1.807) is 12.1 Å². The van der Waals surface area contributed by atoms with Crippen molar-refractivity contribution in [2.45, 2.75) is 19.9 Å². The minimum absolute atomic E-state index is 0.0726. The molecule has 0 heterocycles. The van der Waals surface area contributed by atoms with Crippen LogP contribution in [0.5, 0.6) is 5.75 Å². The third-order valence-electron chi connectivity index (χ3n) is 2.24. The van der Waals surface area contributed by atoms with Gasteiger partial charge < -0.3 is 15.8 Å². The van der Waals surface area contributed by atoms with Crippen molar-refractivity contribution in [3.63, 3.8) is 0 Å². The maximum absolute atomic E-state index is 13.3. The van der Waals surface area contributed by atoms with Crippen LogP contribution in [0.25, 0.3) is 0 Å². The van der Waals surface area contributed by atoms with E-state index < -0.39 is 0 Å². The summed E-state index contributed by atoms with van der Waals surface area (Å²) in [6, 6.07) is 4.53. The van der Waals surface area contributed by atoms with Gasteiger partial charge in [0.1, 0.15) is 11.6 Å². The Morgan fingerprint density at radius 3 is 2.94 bits per heavy atom. The molecule has 5 heteroatoms. The second-order valence-corrected chi connectivity index (χ2v) is 3.47. The highest BCUT2D eigenvalue weighted by Crippen LogP contribution is 2.20. The zero-order chi connectivity index (χ0) is 12.7. The van der Waals surface area contributed by atoms with Crippen LogP contribution >= 0.6 is 0 Å². The molecule has 0 radical (unpaired) electrons. The molecule has 0 aliphatic heterocycles. The lowest BCUT2D eigenvalue weighted by Crippen LogP contribution is -2.24. The first-order chi connectivity index (χ1) is 8.19. The van der Waals surface area contributed by atoms with E-state index in [1.165, 1.54) is 6.07 Å². The van der Waals surface area contributed by atoms with Gasteiger partial charge >= 0.3 is 0 Å². The summed E-state index contributed by atoms with van der Waals surface area (Å²) in [7, 11) is 0. The summed E-state index contributed by atoms with van der Waals surface area (Å²) < 4.78 is 18.7. The maximum Gasteiger partial charge on any atom is 0.223 e. The Morgan fingerprint density at radius 2 is 2.29 bits per heavy atom. The van der Waals surface area contributed by atoms with Crippen LogP contribution in [-0.4, -0.2) is 19.1 Å². The van der Waals surface area contributed by atoms with Gasteiger partial charge in [-0.1, -0.05) is 6.07 Å². The third-order valence-corrected chi connectivity index (χ3v) is 2.24. The van der Waals surface area contributed by atoms with Crippen LogP contribution in [0.1, 0.15) is 18.9 Å². The molecule has 1 amide bonds. The Morgan fingerprint density at radius 1 is 1.53 bits per heavy atom. The number of carbonyl (C=O) groups excluding carboxylic acids is 1. The summed E-state index contributed by atoms with van der Waals surface area (Å²) in [4.78, 5) is 11.2. The van der Waals surface area contributed by atoms with Crippen LogP contribution in [0.4, 0.5) is 4.39 Å². The first-order valence-electron chi connectivity index (χ1n) is 5.56. The summed E-state index contributed by atoms with van der Waals surface area (Å²) in [6.07, 6.45) is 0.244. The van der Waals surface area contributed by atoms with E-state index in [0.29, 0.717) is 17.9 Å². The fourth-order valence-corrected chi connectivity index (χ4v) is 1.41. The SMILES string of the molecule is CCNC(=O)CCOc1cccc(F)c1CN. The quantitative estimate of drug-likeness (QED) is 0.785. The molecule has 94 valence electrons. The molecular formula is C12H17FN2O2. The molecule has 0 fully saturated rings. The zero-order valence-corrected chi connectivity index (χ0v) is 9.83. The van der Waals surface area contributed by atoms with E-state index in [1.807, 2.05) is 6.92 Å².